The number of pyridine rings is 1. The molecule has 0 saturated heterocycles. The fourth-order valence-electron chi connectivity index (χ4n) is 1.65. The Morgan fingerprint density at radius 3 is 2.62 bits per heavy atom. The molecule has 0 radical (unpaired) electrons. The maximum absolute atomic E-state index is 12.4. The summed E-state index contributed by atoms with van der Waals surface area (Å²) in [6.45, 7) is 3.67. The molecule has 0 spiro atoms. The van der Waals surface area contributed by atoms with Gasteiger partial charge >= 0.3 is 6.18 Å². The van der Waals surface area contributed by atoms with Gasteiger partial charge in [0.2, 0.25) is 0 Å². The van der Waals surface area contributed by atoms with Gasteiger partial charge in [-0.25, -0.2) is 4.98 Å². The van der Waals surface area contributed by atoms with Crippen LogP contribution in [0.4, 0.5) is 13.2 Å². The quantitative estimate of drug-likeness (QED) is 0.629. The van der Waals surface area contributed by atoms with Gasteiger partial charge in [0, 0.05) is 34.8 Å². The molecule has 0 amide bonds. The van der Waals surface area contributed by atoms with Crippen LogP contribution < -0.4 is 5.32 Å². The SMILES string of the molecule is Cc1ccc(CNCCSc2ccc(C(F)(F)F)cn2)s1. The first-order chi connectivity index (χ1) is 9.95. The van der Waals surface area contributed by atoms with Gasteiger partial charge in [-0.2, -0.15) is 13.2 Å². The molecule has 2 aromatic heterocycles. The largest absolute Gasteiger partial charge is 0.417 e. The first-order valence-electron chi connectivity index (χ1n) is 6.37. The van der Waals surface area contributed by atoms with E-state index in [0.717, 1.165) is 31.1 Å². The number of halogens is 3. The molecular formula is C14H15F3N2S2. The van der Waals surface area contributed by atoms with Crippen LogP contribution in [0.2, 0.25) is 0 Å². The standard InChI is InChI=1S/C14H15F3N2S2/c1-10-2-4-12(21-10)9-18-6-7-20-13-5-3-11(8-19-13)14(15,16)17/h2-5,8,18H,6-7,9H2,1H3. The zero-order valence-electron chi connectivity index (χ0n) is 11.4. The van der Waals surface area contributed by atoms with Crippen molar-refractivity contribution < 1.29 is 13.2 Å². The molecule has 0 fully saturated rings. The van der Waals surface area contributed by atoms with E-state index in [0.29, 0.717) is 5.03 Å². The molecular weight excluding hydrogens is 317 g/mol. The van der Waals surface area contributed by atoms with Gasteiger partial charge in [0.15, 0.2) is 0 Å². The summed E-state index contributed by atoms with van der Waals surface area (Å²) in [5.41, 5.74) is -0.710. The van der Waals surface area contributed by atoms with Gasteiger partial charge in [0.05, 0.1) is 10.6 Å². The average Bonchev–Trinajstić information content (AvgIpc) is 2.84. The van der Waals surface area contributed by atoms with E-state index in [1.165, 1.54) is 27.6 Å². The van der Waals surface area contributed by atoms with E-state index < -0.39 is 11.7 Å². The Morgan fingerprint density at radius 1 is 1.24 bits per heavy atom. The van der Waals surface area contributed by atoms with Gasteiger partial charge in [-0.15, -0.1) is 23.1 Å². The van der Waals surface area contributed by atoms with Crippen LogP contribution in [0.1, 0.15) is 15.3 Å². The van der Waals surface area contributed by atoms with Crippen molar-refractivity contribution in [1.29, 1.82) is 0 Å². The Kier molecular flexibility index (Phi) is 5.66. The lowest BCUT2D eigenvalue weighted by Crippen LogP contribution is -2.15. The lowest BCUT2D eigenvalue weighted by molar-refractivity contribution is -0.137. The van der Waals surface area contributed by atoms with E-state index >= 15 is 0 Å². The predicted molar refractivity (Wildman–Crippen MR) is 80.7 cm³/mol. The highest BCUT2D eigenvalue weighted by atomic mass is 32.2. The highest BCUT2D eigenvalue weighted by molar-refractivity contribution is 7.99. The van der Waals surface area contributed by atoms with Crippen LogP contribution in [0.25, 0.3) is 0 Å². The normalized spacial score (nSPS) is 11.8. The van der Waals surface area contributed by atoms with Crippen LogP contribution in [0.5, 0.6) is 0 Å². The molecule has 114 valence electrons. The Balaban J connectivity index is 1.69. The van der Waals surface area contributed by atoms with Crippen molar-refractivity contribution in [2.24, 2.45) is 0 Å². The van der Waals surface area contributed by atoms with Crippen molar-refractivity contribution in [2.75, 3.05) is 12.3 Å². The lowest BCUT2D eigenvalue weighted by atomic mass is 10.3. The number of hydrogen-bond acceptors (Lipinski definition) is 4. The highest BCUT2D eigenvalue weighted by Crippen LogP contribution is 2.29. The molecule has 0 aromatic carbocycles. The summed E-state index contributed by atoms with van der Waals surface area (Å²) in [5.74, 6) is 0.767. The third-order valence-corrected chi connectivity index (χ3v) is 4.63. The fraction of sp³-hybridized carbons (Fsp3) is 0.357. The molecule has 2 aromatic rings. The molecule has 7 heteroatoms. The summed E-state index contributed by atoms with van der Waals surface area (Å²) in [6, 6.07) is 6.66. The molecule has 0 aliphatic carbocycles. The Hall–Kier alpha value is -1.05. The number of aromatic nitrogens is 1. The topological polar surface area (TPSA) is 24.9 Å². The number of nitrogens with one attached hydrogen (secondary N) is 1. The number of hydrogen-bond donors (Lipinski definition) is 1. The van der Waals surface area contributed by atoms with E-state index in [4.69, 9.17) is 0 Å². The van der Waals surface area contributed by atoms with Crippen molar-refractivity contribution in [3.8, 4) is 0 Å². The van der Waals surface area contributed by atoms with Crippen molar-refractivity contribution in [1.82, 2.24) is 10.3 Å². The molecule has 0 aliphatic heterocycles. The number of nitrogens with zero attached hydrogens (tertiary/aromatic N) is 1. The minimum atomic E-state index is -4.32. The van der Waals surface area contributed by atoms with E-state index in [1.54, 1.807) is 11.3 Å². The zero-order valence-corrected chi connectivity index (χ0v) is 13.0. The van der Waals surface area contributed by atoms with Gasteiger partial charge in [0.1, 0.15) is 0 Å². The molecule has 0 aliphatic rings. The second-order valence-electron chi connectivity index (χ2n) is 4.42. The Morgan fingerprint density at radius 2 is 2.05 bits per heavy atom. The number of thioether (sulfide) groups is 1. The summed E-state index contributed by atoms with van der Waals surface area (Å²) < 4.78 is 37.1. The van der Waals surface area contributed by atoms with E-state index in [-0.39, 0.29) is 0 Å². The average molecular weight is 332 g/mol. The summed E-state index contributed by atoms with van der Waals surface area (Å²) in [6.07, 6.45) is -3.44. The highest BCUT2D eigenvalue weighted by Gasteiger charge is 2.30. The van der Waals surface area contributed by atoms with Crippen LogP contribution in [-0.2, 0) is 12.7 Å². The Labute approximate surface area is 129 Å². The maximum atomic E-state index is 12.4. The summed E-state index contributed by atoms with van der Waals surface area (Å²) >= 11 is 3.20. The van der Waals surface area contributed by atoms with Crippen LogP contribution in [0, 0.1) is 6.92 Å². The van der Waals surface area contributed by atoms with Gasteiger partial charge in [-0.05, 0) is 31.2 Å². The number of thiophene rings is 1. The first-order valence-corrected chi connectivity index (χ1v) is 8.17. The summed E-state index contributed by atoms with van der Waals surface area (Å²) in [4.78, 5) is 6.39. The van der Waals surface area contributed by atoms with Crippen molar-refractivity contribution in [3.05, 3.63) is 45.8 Å². The molecule has 0 atom stereocenters. The van der Waals surface area contributed by atoms with Crippen molar-refractivity contribution in [3.63, 3.8) is 0 Å². The third kappa shape index (κ3) is 5.33. The van der Waals surface area contributed by atoms with Gasteiger partial charge in [-0.3, -0.25) is 0 Å². The lowest BCUT2D eigenvalue weighted by Gasteiger charge is -2.07. The fourth-order valence-corrected chi connectivity index (χ4v) is 3.26. The van der Waals surface area contributed by atoms with E-state index in [9.17, 15) is 13.2 Å². The minimum absolute atomic E-state index is 0.608. The van der Waals surface area contributed by atoms with Crippen LogP contribution in [0.3, 0.4) is 0 Å². The number of aryl methyl sites for hydroxylation is 1. The maximum Gasteiger partial charge on any atom is 0.417 e. The summed E-state index contributed by atoms with van der Waals surface area (Å²) in [7, 11) is 0. The molecule has 2 heterocycles. The van der Waals surface area contributed by atoms with Crippen LogP contribution >= 0.6 is 23.1 Å². The van der Waals surface area contributed by atoms with Gasteiger partial charge in [0.25, 0.3) is 0 Å². The summed E-state index contributed by atoms with van der Waals surface area (Å²) in [5, 5.41) is 3.91. The smallest absolute Gasteiger partial charge is 0.311 e. The first kappa shape index (κ1) is 16.3. The Bertz CT molecular complexity index is 564. The van der Waals surface area contributed by atoms with Crippen molar-refractivity contribution >= 4 is 23.1 Å². The van der Waals surface area contributed by atoms with E-state index in [2.05, 4.69) is 29.4 Å². The zero-order chi connectivity index (χ0) is 15.3. The molecule has 21 heavy (non-hydrogen) atoms. The molecule has 2 nitrogen and oxygen atoms in total. The van der Waals surface area contributed by atoms with Crippen molar-refractivity contribution in [2.45, 2.75) is 24.7 Å². The molecule has 0 unspecified atom stereocenters. The number of alkyl halides is 3. The minimum Gasteiger partial charge on any atom is -0.311 e. The molecule has 1 N–H and O–H groups in total. The molecule has 0 saturated carbocycles. The second-order valence-corrected chi connectivity index (χ2v) is 6.91. The van der Waals surface area contributed by atoms with E-state index in [1.807, 2.05) is 0 Å². The third-order valence-electron chi connectivity index (χ3n) is 2.69. The van der Waals surface area contributed by atoms with Gasteiger partial charge < -0.3 is 5.32 Å². The second kappa shape index (κ2) is 7.29. The molecule has 0 bridgehead atoms. The van der Waals surface area contributed by atoms with Gasteiger partial charge in [-0.1, -0.05) is 0 Å². The van der Waals surface area contributed by atoms with Crippen LogP contribution in [0.15, 0.2) is 35.5 Å². The predicted octanol–water partition coefficient (Wildman–Crippen LogP) is 4.35. The monoisotopic (exact) mass is 332 g/mol. The molecule has 2 rings (SSSR count). The van der Waals surface area contributed by atoms with Crippen LogP contribution in [-0.4, -0.2) is 17.3 Å². The number of rotatable bonds is 6.